The number of hydrogen-bond acceptors (Lipinski definition) is 3. The molecule has 0 aliphatic rings. The first kappa shape index (κ1) is 16.3. The SMILES string of the molecule is O=[N+]([O-])c1cccc(C(O)(c2ccc(Cl)cc2)C(F)(F)F)c1. The minimum atomic E-state index is -5.07. The number of alkyl halides is 3. The normalized spacial score (nSPS) is 14.4. The van der Waals surface area contributed by atoms with Crippen LogP contribution in [0.2, 0.25) is 5.02 Å². The maximum Gasteiger partial charge on any atom is 0.425 e. The van der Waals surface area contributed by atoms with E-state index in [4.69, 9.17) is 11.6 Å². The van der Waals surface area contributed by atoms with Crippen LogP contribution < -0.4 is 0 Å². The first-order valence-electron chi connectivity index (χ1n) is 5.96. The fourth-order valence-electron chi connectivity index (χ4n) is 2.03. The molecule has 22 heavy (non-hydrogen) atoms. The van der Waals surface area contributed by atoms with Gasteiger partial charge in [-0.15, -0.1) is 0 Å². The number of benzene rings is 2. The van der Waals surface area contributed by atoms with Crippen LogP contribution in [0.5, 0.6) is 0 Å². The van der Waals surface area contributed by atoms with Crippen molar-refractivity contribution < 1.29 is 23.2 Å². The summed E-state index contributed by atoms with van der Waals surface area (Å²) in [4.78, 5) is 9.90. The van der Waals surface area contributed by atoms with Crippen LogP contribution in [-0.2, 0) is 5.60 Å². The van der Waals surface area contributed by atoms with E-state index in [1.807, 2.05) is 0 Å². The van der Waals surface area contributed by atoms with Crippen molar-refractivity contribution in [2.75, 3.05) is 0 Å². The molecule has 0 aliphatic carbocycles. The van der Waals surface area contributed by atoms with Crippen LogP contribution in [0.4, 0.5) is 18.9 Å². The van der Waals surface area contributed by atoms with E-state index in [1.165, 1.54) is 12.1 Å². The second-order valence-electron chi connectivity index (χ2n) is 4.52. The van der Waals surface area contributed by atoms with E-state index < -0.39 is 33.5 Å². The van der Waals surface area contributed by atoms with Gasteiger partial charge in [-0.05, 0) is 17.7 Å². The van der Waals surface area contributed by atoms with Gasteiger partial charge in [-0.2, -0.15) is 13.2 Å². The number of aliphatic hydroxyl groups is 1. The quantitative estimate of drug-likeness (QED) is 0.681. The zero-order valence-corrected chi connectivity index (χ0v) is 11.6. The Bertz CT molecular complexity index is 703. The zero-order valence-electron chi connectivity index (χ0n) is 10.8. The first-order valence-corrected chi connectivity index (χ1v) is 6.34. The highest BCUT2D eigenvalue weighted by Crippen LogP contribution is 2.45. The van der Waals surface area contributed by atoms with Gasteiger partial charge in [0.15, 0.2) is 0 Å². The van der Waals surface area contributed by atoms with E-state index in [1.54, 1.807) is 0 Å². The smallest absolute Gasteiger partial charge is 0.372 e. The molecule has 2 rings (SSSR count). The Morgan fingerprint density at radius 2 is 1.64 bits per heavy atom. The molecule has 116 valence electrons. The van der Waals surface area contributed by atoms with E-state index in [0.29, 0.717) is 6.07 Å². The summed E-state index contributed by atoms with van der Waals surface area (Å²) in [5.41, 5.74) is -5.04. The third kappa shape index (κ3) is 2.77. The molecule has 0 saturated heterocycles. The van der Waals surface area contributed by atoms with Gasteiger partial charge in [0.2, 0.25) is 5.60 Å². The van der Waals surface area contributed by atoms with Crippen molar-refractivity contribution >= 4 is 17.3 Å². The molecular weight excluding hydrogens is 323 g/mol. The largest absolute Gasteiger partial charge is 0.425 e. The minimum Gasteiger partial charge on any atom is -0.372 e. The highest BCUT2D eigenvalue weighted by Gasteiger charge is 2.56. The summed E-state index contributed by atoms with van der Waals surface area (Å²) >= 11 is 5.64. The maximum atomic E-state index is 13.5. The Morgan fingerprint density at radius 1 is 1.05 bits per heavy atom. The standard InChI is InChI=1S/C14H9ClF3NO3/c15-11-6-4-9(5-7-11)13(20,14(16,17)18)10-2-1-3-12(8-10)19(21)22/h1-8,20H. The molecule has 0 bridgehead atoms. The van der Waals surface area contributed by atoms with Crippen LogP contribution in [0, 0.1) is 10.1 Å². The van der Waals surface area contributed by atoms with E-state index in [0.717, 1.165) is 30.3 Å². The number of rotatable bonds is 3. The molecule has 0 amide bonds. The van der Waals surface area contributed by atoms with Crippen molar-refractivity contribution in [2.24, 2.45) is 0 Å². The fraction of sp³-hybridized carbons (Fsp3) is 0.143. The van der Waals surface area contributed by atoms with Gasteiger partial charge in [-0.25, -0.2) is 0 Å². The molecule has 0 radical (unpaired) electrons. The molecule has 0 aliphatic heterocycles. The monoisotopic (exact) mass is 331 g/mol. The van der Waals surface area contributed by atoms with Crippen LogP contribution in [0.3, 0.4) is 0 Å². The first-order chi connectivity index (χ1) is 10.2. The Hall–Kier alpha value is -2.12. The topological polar surface area (TPSA) is 63.4 Å². The Balaban J connectivity index is 2.67. The zero-order chi connectivity index (χ0) is 16.5. The predicted molar refractivity (Wildman–Crippen MR) is 73.6 cm³/mol. The summed E-state index contributed by atoms with van der Waals surface area (Å²) in [5, 5.41) is 21.2. The lowest BCUT2D eigenvalue weighted by Gasteiger charge is -2.31. The third-order valence-electron chi connectivity index (χ3n) is 3.15. The van der Waals surface area contributed by atoms with E-state index in [-0.39, 0.29) is 5.02 Å². The fourth-order valence-corrected chi connectivity index (χ4v) is 2.16. The van der Waals surface area contributed by atoms with Gasteiger partial charge in [0.1, 0.15) is 0 Å². The van der Waals surface area contributed by atoms with Gasteiger partial charge in [-0.3, -0.25) is 10.1 Å². The lowest BCUT2D eigenvalue weighted by molar-refractivity contribution is -0.385. The summed E-state index contributed by atoms with van der Waals surface area (Å²) in [7, 11) is 0. The molecule has 2 aromatic carbocycles. The molecule has 8 heteroatoms. The molecule has 1 N–H and O–H groups in total. The maximum absolute atomic E-state index is 13.5. The average molecular weight is 332 g/mol. The van der Waals surface area contributed by atoms with E-state index in [2.05, 4.69) is 0 Å². The second kappa shape index (κ2) is 5.58. The molecule has 0 spiro atoms. The Labute approximate surface area is 127 Å². The summed E-state index contributed by atoms with van der Waals surface area (Å²) in [6.45, 7) is 0. The van der Waals surface area contributed by atoms with Crippen LogP contribution in [0.15, 0.2) is 48.5 Å². The molecule has 0 aromatic heterocycles. The lowest BCUT2D eigenvalue weighted by atomic mass is 9.85. The van der Waals surface area contributed by atoms with Crippen LogP contribution in [0.25, 0.3) is 0 Å². The van der Waals surface area contributed by atoms with Crippen molar-refractivity contribution in [2.45, 2.75) is 11.8 Å². The van der Waals surface area contributed by atoms with Crippen molar-refractivity contribution in [1.82, 2.24) is 0 Å². The van der Waals surface area contributed by atoms with Gasteiger partial charge in [0, 0.05) is 22.7 Å². The Morgan fingerprint density at radius 3 is 2.14 bits per heavy atom. The molecular formula is C14H9ClF3NO3. The number of nitro benzene ring substituents is 1. The minimum absolute atomic E-state index is 0.201. The second-order valence-corrected chi connectivity index (χ2v) is 4.96. The number of nitrogens with zero attached hydrogens (tertiary/aromatic N) is 1. The molecule has 1 atom stereocenters. The van der Waals surface area contributed by atoms with Gasteiger partial charge in [0.25, 0.3) is 5.69 Å². The summed E-state index contributed by atoms with van der Waals surface area (Å²) in [5.74, 6) is 0. The van der Waals surface area contributed by atoms with Gasteiger partial charge >= 0.3 is 6.18 Å². The van der Waals surface area contributed by atoms with E-state index in [9.17, 15) is 28.4 Å². The number of hydrogen-bond donors (Lipinski definition) is 1. The molecule has 4 nitrogen and oxygen atoms in total. The molecule has 1 unspecified atom stereocenters. The summed E-state index contributed by atoms with van der Waals surface area (Å²) in [6.07, 6.45) is -5.07. The molecule has 0 fully saturated rings. The van der Waals surface area contributed by atoms with E-state index >= 15 is 0 Å². The Kier molecular flexibility index (Phi) is 4.12. The highest BCUT2D eigenvalue weighted by atomic mass is 35.5. The summed E-state index contributed by atoms with van der Waals surface area (Å²) < 4.78 is 40.4. The summed E-state index contributed by atoms with van der Waals surface area (Å²) in [6, 6.07) is 8.25. The predicted octanol–water partition coefficient (Wildman–Crippen LogP) is 4.05. The van der Waals surface area contributed by atoms with Crippen LogP contribution in [-0.4, -0.2) is 16.2 Å². The molecule has 2 aromatic rings. The van der Waals surface area contributed by atoms with Crippen molar-refractivity contribution in [3.8, 4) is 0 Å². The van der Waals surface area contributed by atoms with Gasteiger partial charge < -0.3 is 5.11 Å². The number of nitro groups is 1. The number of halogens is 4. The van der Waals surface area contributed by atoms with Crippen molar-refractivity contribution in [1.29, 1.82) is 0 Å². The van der Waals surface area contributed by atoms with Crippen molar-refractivity contribution in [3.05, 3.63) is 74.8 Å². The van der Waals surface area contributed by atoms with Crippen LogP contribution >= 0.6 is 11.6 Å². The van der Waals surface area contributed by atoms with Crippen LogP contribution in [0.1, 0.15) is 11.1 Å². The average Bonchev–Trinajstić information content (AvgIpc) is 2.46. The van der Waals surface area contributed by atoms with Crippen molar-refractivity contribution in [3.63, 3.8) is 0 Å². The molecule has 0 heterocycles. The highest BCUT2D eigenvalue weighted by molar-refractivity contribution is 6.30. The lowest BCUT2D eigenvalue weighted by Crippen LogP contribution is -2.43. The third-order valence-corrected chi connectivity index (χ3v) is 3.40. The van der Waals surface area contributed by atoms with Gasteiger partial charge in [0.05, 0.1) is 4.92 Å². The molecule has 0 saturated carbocycles. The number of non-ortho nitro benzene ring substituents is 1. The van der Waals surface area contributed by atoms with Gasteiger partial charge in [-0.1, -0.05) is 35.9 Å².